The van der Waals surface area contributed by atoms with Gasteiger partial charge in [-0.3, -0.25) is 0 Å². The van der Waals surface area contributed by atoms with Crippen molar-refractivity contribution >= 4 is 6.09 Å². The molecule has 2 aliphatic rings. The molecule has 0 aromatic carbocycles. The number of hydrogen-bond acceptors (Lipinski definition) is 4. The number of carbonyl (C=O) groups is 1. The summed E-state index contributed by atoms with van der Waals surface area (Å²) < 4.78 is 5.49. The van der Waals surface area contributed by atoms with Crippen LogP contribution in [-0.2, 0) is 4.74 Å². The van der Waals surface area contributed by atoms with Gasteiger partial charge >= 0.3 is 6.09 Å². The topological polar surface area (TPSA) is 84.6 Å². The second-order valence-electron chi connectivity index (χ2n) is 9.03. The number of rotatable bonds is 3. The zero-order chi connectivity index (χ0) is 17.3. The number of aliphatic hydroxyl groups is 1. The van der Waals surface area contributed by atoms with Crippen LogP contribution in [0.3, 0.4) is 0 Å². The van der Waals surface area contributed by atoms with Crippen LogP contribution in [0.2, 0.25) is 0 Å². The molecule has 2 fully saturated rings. The normalized spacial score (nSPS) is 40.4. The van der Waals surface area contributed by atoms with Gasteiger partial charge < -0.3 is 20.9 Å². The van der Waals surface area contributed by atoms with Crippen LogP contribution >= 0.6 is 0 Å². The van der Waals surface area contributed by atoms with E-state index in [1.54, 1.807) is 0 Å². The van der Waals surface area contributed by atoms with Crippen molar-refractivity contribution in [2.24, 2.45) is 22.5 Å². The first kappa shape index (κ1) is 18.5. The monoisotopic (exact) mass is 326 g/mol. The minimum Gasteiger partial charge on any atom is -0.443 e. The number of hydrogen-bond donors (Lipinski definition) is 3. The SMILES string of the molecule is CC1CCC(OC(=O)NC2CC(C)(C)CC(C)(CN)C2)C(O)C1. The lowest BCUT2D eigenvalue weighted by Crippen LogP contribution is -2.50. The number of carbonyl (C=O) groups excluding carboxylic acids is 1. The summed E-state index contributed by atoms with van der Waals surface area (Å²) in [5, 5.41) is 13.1. The van der Waals surface area contributed by atoms with Crippen LogP contribution in [0.1, 0.15) is 66.2 Å². The van der Waals surface area contributed by atoms with Crippen LogP contribution in [0.25, 0.3) is 0 Å². The van der Waals surface area contributed by atoms with E-state index >= 15 is 0 Å². The van der Waals surface area contributed by atoms with E-state index in [1.807, 2.05) is 0 Å². The number of alkyl carbamates (subject to hydrolysis) is 1. The summed E-state index contributed by atoms with van der Waals surface area (Å²) in [6.45, 7) is 9.40. The van der Waals surface area contributed by atoms with Gasteiger partial charge in [0.2, 0.25) is 0 Å². The van der Waals surface area contributed by atoms with Gasteiger partial charge in [-0.2, -0.15) is 0 Å². The first-order valence-corrected chi connectivity index (χ1v) is 8.98. The summed E-state index contributed by atoms with van der Waals surface area (Å²) in [5.41, 5.74) is 6.17. The molecular formula is C18H34N2O3. The molecule has 1 amide bonds. The highest BCUT2D eigenvalue weighted by Crippen LogP contribution is 2.45. The first-order valence-electron chi connectivity index (χ1n) is 8.98. The molecule has 0 aromatic heterocycles. The van der Waals surface area contributed by atoms with Gasteiger partial charge in [0.05, 0.1) is 6.10 Å². The number of ether oxygens (including phenoxy) is 1. The molecule has 23 heavy (non-hydrogen) atoms. The Labute approximate surface area is 140 Å². The third kappa shape index (κ3) is 5.08. The van der Waals surface area contributed by atoms with Gasteiger partial charge in [-0.25, -0.2) is 4.79 Å². The Kier molecular flexibility index (Phi) is 5.62. The van der Waals surface area contributed by atoms with Crippen molar-refractivity contribution in [1.82, 2.24) is 5.32 Å². The summed E-state index contributed by atoms with van der Waals surface area (Å²) in [6.07, 6.45) is 4.02. The predicted octanol–water partition coefficient (Wildman–Crippen LogP) is 2.81. The molecule has 0 spiro atoms. The Morgan fingerprint density at radius 1 is 1.30 bits per heavy atom. The zero-order valence-corrected chi connectivity index (χ0v) is 15.1. The van der Waals surface area contributed by atoms with Crippen molar-refractivity contribution in [1.29, 1.82) is 0 Å². The molecule has 5 atom stereocenters. The van der Waals surface area contributed by atoms with E-state index < -0.39 is 12.2 Å². The molecule has 2 aliphatic carbocycles. The average Bonchev–Trinajstić information content (AvgIpc) is 2.39. The molecule has 5 nitrogen and oxygen atoms in total. The van der Waals surface area contributed by atoms with Crippen LogP contribution in [0, 0.1) is 16.7 Å². The van der Waals surface area contributed by atoms with Crippen molar-refractivity contribution < 1.29 is 14.6 Å². The molecule has 134 valence electrons. The van der Waals surface area contributed by atoms with E-state index in [0.29, 0.717) is 18.9 Å². The maximum absolute atomic E-state index is 12.2. The fourth-order valence-corrected chi connectivity index (χ4v) is 4.69. The van der Waals surface area contributed by atoms with Gasteiger partial charge in [0.25, 0.3) is 0 Å². The summed E-state index contributed by atoms with van der Waals surface area (Å²) >= 11 is 0. The van der Waals surface area contributed by atoms with Crippen LogP contribution in [-0.4, -0.2) is 36.0 Å². The molecule has 0 bridgehead atoms. The lowest BCUT2D eigenvalue weighted by molar-refractivity contribution is -0.0356. The standard InChI is InChI=1S/C18H34N2O3/c1-12-5-6-15(14(21)7-12)23-16(22)20-13-8-17(2,3)10-18(4,9-13)11-19/h12-15,21H,5-11,19H2,1-4H3,(H,20,22). The molecule has 2 rings (SSSR count). The van der Waals surface area contributed by atoms with E-state index in [4.69, 9.17) is 10.5 Å². The van der Waals surface area contributed by atoms with Gasteiger partial charge in [-0.05, 0) is 61.8 Å². The molecule has 0 radical (unpaired) electrons. The maximum atomic E-state index is 12.2. The van der Waals surface area contributed by atoms with Crippen LogP contribution < -0.4 is 11.1 Å². The highest BCUT2D eigenvalue weighted by molar-refractivity contribution is 5.68. The summed E-state index contributed by atoms with van der Waals surface area (Å²) in [6, 6.07) is 0.0828. The first-order chi connectivity index (χ1) is 10.6. The third-order valence-electron chi connectivity index (χ3n) is 5.53. The summed E-state index contributed by atoms with van der Waals surface area (Å²) in [5.74, 6) is 0.498. The number of aliphatic hydroxyl groups excluding tert-OH is 1. The highest BCUT2D eigenvalue weighted by atomic mass is 16.6. The molecule has 0 aliphatic heterocycles. The molecule has 4 N–H and O–H groups in total. The Balaban J connectivity index is 1.89. The van der Waals surface area contributed by atoms with Crippen molar-refractivity contribution in [3.63, 3.8) is 0 Å². The van der Waals surface area contributed by atoms with Crippen LogP contribution in [0.5, 0.6) is 0 Å². The molecule has 5 unspecified atom stereocenters. The molecule has 0 saturated heterocycles. The fraction of sp³-hybridized carbons (Fsp3) is 0.944. The lowest BCUT2D eigenvalue weighted by Gasteiger charge is -2.46. The van der Waals surface area contributed by atoms with Crippen LogP contribution in [0.4, 0.5) is 4.79 Å². The van der Waals surface area contributed by atoms with E-state index in [2.05, 4.69) is 33.0 Å². The second kappa shape index (κ2) is 6.98. The van der Waals surface area contributed by atoms with Gasteiger partial charge in [0.1, 0.15) is 6.10 Å². The Morgan fingerprint density at radius 3 is 2.61 bits per heavy atom. The Hall–Kier alpha value is -0.810. The van der Waals surface area contributed by atoms with E-state index in [-0.39, 0.29) is 23.0 Å². The molecule has 0 heterocycles. The zero-order valence-electron chi connectivity index (χ0n) is 15.1. The van der Waals surface area contributed by atoms with E-state index in [9.17, 15) is 9.90 Å². The Bertz CT molecular complexity index is 426. The minimum atomic E-state index is -0.540. The minimum absolute atomic E-state index is 0.0550. The van der Waals surface area contributed by atoms with Gasteiger partial charge in [0, 0.05) is 6.04 Å². The second-order valence-corrected chi connectivity index (χ2v) is 9.03. The number of nitrogens with one attached hydrogen (secondary N) is 1. The molecule has 0 aromatic rings. The molecule has 5 heteroatoms. The average molecular weight is 326 g/mol. The van der Waals surface area contributed by atoms with Gasteiger partial charge in [-0.1, -0.05) is 27.7 Å². The van der Waals surface area contributed by atoms with Crippen molar-refractivity contribution in [2.75, 3.05) is 6.54 Å². The summed E-state index contributed by atoms with van der Waals surface area (Å²) in [7, 11) is 0. The number of nitrogens with two attached hydrogens (primary N) is 1. The van der Waals surface area contributed by atoms with Crippen molar-refractivity contribution in [3.05, 3.63) is 0 Å². The predicted molar refractivity (Wildman–Crippen MR) is 91.0 cm³/mol. The van der Waals surface area contributed by atoms with Crippen LogP contribution in [0.15, 0.2) is 0 Å². The van der Waals surface area contributed by atoms with Crippen molar-refractivity contribution in [3.8, 4) is 0 Å². The fourth-order valence-electron chi connectivity index (χ4n) is 4.69. The van der Waals surface area contributed by atoms with Crippen molar-refractivity contribution in [2.45, 2.75) is 84.5 Å². The van der Waals surface area contributed by atoms with E-state index in [1.165, 1.54) is 0 Å². The van der Waals surface area contributed by atoms with Gasteiger partial charge in [0.15, 0.2) is 0 Å². The third-order valence-corrected chi connectivity index (χ3v) is 5.53. The number of amides is 1. The molecule has 2 saturated carbocycles. The Morgan fingerprint density at radius 2 is 2.00 bits per heavy atom. The van der Waals surface area contributed by atoms with E-state index in [0.717, 1.165) is 32.1 Å². The lowest BCUT2D eigenvalue weighted by atomic mass is 9.63. The summed E-state index contributed by atoms with van der Waals surface area (Å²) in [4.78, 5) is 12.2. The highest BCUT2D eigenvalue weighted by Gasteiger charge is 2.41. The molecular weight excluding hydrogens is 292 g/mol. The smallest absolute Gasteiger partial charge is 0.407 e. The maximum Gasteiger partial charge on any atom is 0.407 e. The quantitative estimate of drug-likeness (QED) is 0.744. The van der Waals surface area contributed by atoms with Gasteiger partial charge in [-0.15, -0.1) is 0 Å². The largest absolute Gasteiger partial charge is 0.443 e.